The Labute approximate surface area is 138 Å². The zero-order valence-corrected chi connectivity index (χ0v) is 13.2. The normalized spacial score (nSPS) is 16.4. The summed E-state index contributed by atoms with van der Waals surface area (Å²) >= 11 is 0. The van der Waals surface area contributed by atoms with Crippen LogP contribution in [-0.2, 0) is 16.0 Å². The van der Waals surface area contributed by atoms with E-state index in [1.54, 1.807) is 0 Å². The minimum absolute atomic E-state index is 0.0189. The second kappa shape index (κ2) is 7.85. The van der Waals surface area contributed by atoms with Crippen molar-refractivity contribution in [2.45, 2.75) is 44.6 Å². The van der Waals surface area contributed by atoms with Crippen molar-refractivity contribution in [3.05, 3.63) is 39.7 Å². The topological polar surface area (TPSA) is 115 Å². The molecule has 0 heterocycles. The third-order valence-electron chi connectivity index (χ3n) is 4.28. The number of primary amides is 1. The highest BCUT2D eigenvalue weighted by Gasteiger charge is 2.26. The zero-order valence-electron chi connectivity index (χ0n) is 13.2. The van der Waals surface area contributed by atoms with Gasteiger partial charge in [0.15, 0.2) is 0 Å². The highest BCUT2D eigenvalue weighted by molar-refractivity contribution is 5.87. The molecule has 1 aromatic carbocycles. The Morgan fingerprint density at radius 3 is 2.58 bits per heavy atom. The highest BCUT2D eigenvalue weighted by atomic mass is 19.1. The fourth-order valence-corrected chi connectivity index (χ4v) is 2.94. The number of benzene rings is 1. The van der Waals surface area contributed by atoms with Crippen molar-refractivity contribution >= 4 is 17.5 Å². The van der Waals surface area contributed by atoms with E-state index in [9.17, 15) is 24.1 Å². The largest absolute Gasteiger partial charge is 0.368 e. The van der Waals surface area contributed by atoms with Crippen LogP contribution in [0, 0.1) is 21.8 Å². The summed E-state index contributed by atoms with van der Waals surface area (Å²) < 4.78 is 13.4. The molecular formula is C16H20FN3O4. The van der Waals surface area contributed by atoms with Gasteiger partial charge in [-0.15, -0.1) is 0 Å². The van der Waals surface area contributed by atoms with Gasteiger partial charge in [0, 0.05) is 18.4 Å². The van der Waals surface area contributed by atoms with Crippen molar-refractivity contribution in [1.29, 1.82) is 0 Å². The van der Waals surface area contributed by atoms with E-state index in [0.717, 1.165) is 44.2 Å². The third-order valence-corrected chi connectivity index (χ3v) is 4.28. The van der Waals surface area contributed by atoms with Gasteiger partial charge in [-0.05, 0) is 24.5 Å². The van der Waals surface area contributed by atoms with Crippen LogP contribution < -0.4 is 11.1 Å². The van der Waals surface area contributed by atoms with Gasteiger partial charge in [-0.1, -0.05) is 25.3 Å². The number of nitrogens with one attached hydrogen (secondary N) is 1. The minimum atomic E-state index is -0.982. The van der Waals surface area contributed by atoms with Crippen LogP contribution in [0.5, 0.6) is 0 Å². The van der Waals surface area contributed by atoms with Crippen molar-refractivity contribution in [3.8, 4) is 0 Å². The predicted molar refractivity (Wildman–Crippen MR) is 84.5 cm³/mol. The van der Waals surface area contributed by atoms with Gasteiger partial charge in [0.25, 0.3) is 0 Å². The van der Waals surface area contributed by atoms with Gasteiger partial charge in [0.05, 0.1) is 4.92 Å². The summed E-state index contributed by atoms with van der Waals surface area (Å²) in [6, 6.07) is 2.38. The summed E-state index contributed by atoms with van der Waals surface area (Å²) in [5.74, 6) is -2.05. The van der Waals surface area contributed by atoms with E-state index in [2.05, 4.69) is 5.32 Å². The number of carbonyl (C=O) groups excluding carboxylic acids is 2. The number of nitrogens with two attached hydrogens (primary N) is 1. The number of hydrogen-bond donors (Lipinski definition) is 2. The maximum absolute atomic E-state index is 13.4. The van der Waals surface area contributed by atoms with Crippen LogP contribution in [-0.4, -0.2) is 22.8 Å². The molecule has 1 aromatic rings. The SMILES string of the molecule is NC(=O)[C@@H](Cc1ccc(F)c([N+](=O)[O-])c1)NC(=O)C1CCCCC1. The molecule has 0 spiro atoms. The molecule has 0 bridgehead atoms. The Morgan fingerprint density at radius 2 is 2.00 bits per heavy atom. The molecular weight excluding hydrogens is 317 g/mol. The van der Waals surface area contributed by atoms with Gasteiger partial charge in [0.2, 0.25) is 17.6 Å². The molecule has 0 unspecified atom stereocenters. The summed E-state index contributed by atoms with van der Waals surface area (Å²) in [6.45, 7) is 0. The average Bonchev–Trinajstić information content (AvgIpc) is 2.56. The highest BCUT2D eigenvalue weighted by Crippen LogP contribution is 2.24. The molecule has 3 N–H and O–H groups in total. The van der Waals surface area contributed by atoms with Crippen LogP contribution >= 0.6 is 0 Å². The van der Waals surface area contributed by atoms with E-state index in [-0.39, 0.29) is 18.2 Å². The molecule has 1 atom stereocenters. The second-order valence-corrected chi connectivity index (χ2v) is 6.05. The summed E-state index contributed by atoms with van der Waals surface area (Å²) in [7, 11) is 0. The van der Waals surface area contributed by atoms with Crippen molar-refractivity contribution in [3.63, 3.8) is 0 Å². The smallest absolute Gasteiger partial charge is 0.305 e. The van der Waals surface area contributed by atoms with Gasteiger partial charge in [-0.2, -0.15) is 4.39 Å². The maximum atomic E-state index is 13.4. The first-order valence-electron chi connectivity index (χ1n) is 7.91. The van der Waals surface area contributed by atoms with Crippen molar-refractivity contribution in [1.82, 2.24) is 5.32 Å². The quantitative estimate of drug-likeness (QED) is 0.608. The molecule has 130 valence electrons. The first-order valence-corrected chi connectivity index (χ1v) is 7.91. The number of nitro benzene ring substituents is 1. The summed E-state index contributed by atoms with van der Waals surface area (Å²) in [4.78, 5) is 33.8. The van der Waals surface area contributed by atoms with Gasteiger partial charge >= 0.3 is 5.69 Å². The van der Waals surface area contributed by atoms with Crippen LogP contribution in [0.25, 0.3) is 0 Å². The molecule has 7 nitrogen and oxygen atoms in total. The Bertz CT molecular complexity index is 644. The van der Waals surface area contributed by atoms with Crippen LogP contribution in [0.15, 0.2) is 18.2 Å². The molecule has 0 aromatic heterocycles. The standard InChI is InChI=1S/C16H20FN3O4/c17-12-7-6-10(9-14(12)20(23)24)8-13(15(18)21)19-16(22)11-4-2-1-3-5-11/h6-7,9,11,13H,1-5,8H2,(H2,18,21)(H,19,22)/t13-/m1/s1. The van der Waals surface area contributed by atoms with E-state index >= 15 is 0 Å². The molecule has 2 amide bonds. The molecule has 2 rings (SSSR count). The third kappa shape index (κ3) is 4.50. The molecule has 24 heavy (non-hydrogen) atoms. The molecule has 0 saturated heterocycles. The number of nitrogens with zero attached hydrogens (tertiary/aromatic N) is 1. The van der Waals surface area contributed by atoms with Gasteiger partial charge in [-0.25, -0.2) is 0 Å². The number of nitro groups is 1. The van der Waals surface area contributed by atoms with Crippen LogP contribution in [0.3, 0.4) is 0 Å². The average molecular weight is 337 g/mol. The Hall–Kier alpha value is -2.51. The minimum Gasteiger partial charge on any atom is -0.368 e. The van der Waals surface area contributed by atoms with Crippen molar-refractivity contribution in [2.24, 2.45) is 11.7 Å². The monoisotopic (exact) mass is 337 g/mol. The molecule has 1 aliphatic carbocycles. The van der Waals surface area contributed by atoms with E-state index in [1.807, 2.05) is 0 Å². The maximum Gasteiger partial charge on any atom is 0.305 e. The van der Waals surface area contributed by atoms with Gasteiger partial charge in [0.1, 0.15) is 6.04 Å². The summed E-state index contributed by atoms with van der Waals surface area (Å²) in [5.41, 5.74) is 5.01. The summed E-state index contributed by atoms with van der Waals surface area (Å²) in [6.07, 6.45) is 4.59. The fourth-order valence-electron chi connectivity index (χ4n) is 2.94. The number of amides is 2. The van der Waals surface area contributed by atoms with Crippen LogP contribution in [0.2, 0.25) is 0 Å². The van der Waals surface area contributed by atoms with E-state index in [4.69, 9.17) is 5.73 Å². The number of halogens is 1. The Kier molecular flexibility index (Phi) is 5.83. The first-order chi connectivity index (χ1) is 11.4. The first kappa shape index (κ1) is 17.8. The molecule has 0 radical (unpaired) electrons. The lowest BCUT2D eigenvalue weighted by molar-refractivity contribution is -0.387. The van der Waals surface area contributed by atoms with Crippen LogP contribution in [0.1, 0.15) is 37.7 Å². The molecule has 1 fully saturated rings. The molecule has 8 heteroatoms. The lowest BCUT2D eigenvalue weighted by Gasteiger charge is -2.23. The van der Waals surface area contributed by atoms with Crippen molar-refractivity contribution in [2.75, 3.05) is 0 Å². The molecule has 0 aliphatic heterocycles. The number of hydrogen-bond acceptors (Lipinski definition) is 4. The van der Waals surface area contributed by atoms with Gasteiger partial charge in [-0.3, -0.25) is 19.7 Å². The van der Waals surface area contributed by atoms with Gasteiger partial charge < -0.3 is 11.1 Å². The lowest BCUT2D eigenvalue weighted by Crippen LogP contribution is -2.48. The summed E-state index contributed by atoms with van der Waals surface area (Å²) in [5, 5.41) is 13.4. The van der Waals surface area contributed by atoms with Crippen LogP contribution in [0.4, 0.5) is 10.1 Å². The number of rotatable bonds is 6. The van der Waals surface area contributed by atoms with E-state index in [0.29, 0.717) is 5.56 Å². The molecule has 1 saturated carbocycles. The Balaban J connectivity index is 2.08. The molecule has 1 aliphatic rings. The Morgan fingerprint density at radius 1 is 1.33 bits per heavy atom. The second-order valence-electron chi connectivity index (χ2n) is 6.05. The van der Waals surface area contributed by atoms with Crippen molar-refractivity contribution < 1.29 is 18.9 Å². The van der Waals surface area contributed by atoms with E-state index < -0.39 is 28.4 Å². The van der Waals surface area contributed by atoms with E-state index in [1.165, 1.54) is 6.07 Å². The zero-order chi connectivity index (χ0) is 17.7. The lowest BCUT2D eigenvalue weighted by atomic mass is 9.88. The number of carbonyl (C=O) groups is 2. The predicted octanol–water partition coefficient (Wildman–Crippen LogP) is 1.83. The fraction of sp³-hybridized carbons (Fsp3) is 0.500.